The van der Waals surface area contributed by atoms with Crippen LogP contribution in [0.5, 0.6) is 11.5 Å². The predicted octanol–water partition coefficient (Wildman–Crippen LogP) is 3.89. The molecule has 0 radical (unpaired) electrons. The van der Waals surface area contributed by atoms with E-state index in [1.54, 1.807) is 25.3 Å². The Morgan fingerprint density at radius 3 is 2.44 bits per heavy atom. The summed E-state index contributed by atoms with van der Waals surface area (Å²) in [6, 6.07) is 12.2. The van der Waals surface area contributed by atoms with Crippen LogP contribution in [0.4, 0.5) is 5.69 Å². The van der Waals surface area contributed by atoms with E-state index in [-0.39, 0.29) is 11.6 Å². The topological polar surface area (TPSA) is 68.8 Å². The number of rotatable bonds is 7. The van der Waals surface area contributed by atoms with Gasteiger partial charge in [-0.3, -0.25) is 0 Å². The van der Waals surface area contributed by atoms with Crippen LogP contribution in [0.1, 0.15) is 17.3 Å². The van der Waals surface area contributed by atoms with Crippen LogP contribution in [-0.4, -0.2) is 38.0 Å². The number of benzene rings is 2. The van der Waals surface area contributed by atoms with Crippen molar-refractivity contribution >= 4 is 40.6 Å². The molecule has 8 heteroatoms. The highest BCUT2D eigenvalue weighted by molar-refractivity contribution is 7.80. The van der Waals surface area contributed by atoms with Gasteiger partial charge >= 0.3 is 5.97 Å². The third-order valence-electron chi connectivity index (χ3n) is 3.57. The Bertz CT molecular complexity index is 799. The predicted molar refractivity (Wildman–Crippen MR) is 110 cm³/mol. The van der Waals surface area contributed by atoms with Crippen LogP contribution in [0.15, 0.2) is 42.5 Å². The molecule has 27 heavy (non-hydrogen) atoms. The molecule has 2 aromatic rings. The molecule has 0 spiro atoms. The van der Waals surface area contributed by atoms with E-state index in [0.29, 0.717) is 22.4 Å². The molecule has 0 amide bonds. The smallest absolute Gasteiger partial charge is 0.339 e. The van der Waals surface area contributed by atoms with E-state index in [9.17, 15) is 4.79 Å². The second-order valence-corrected chi connectivity index (χ2v) is 6.49. The molecule has 6 nitrogen and oxygen atoms in total. The highest BCUT2D eigenvalue weighted by atomic mass is 35.5. The number of halogens is 1. The molecule has 144 valence electrons. The summed E-state index contributed by atoms with van der Waals surface area (Å²) in [5, 5.41) is 6.85. The van der Waals surface area contributed by atoms with E-state index < -0.39 is 5.97 Å². The number of ether oxygens (including phenoxy) is 3. The number of methoxy groups -OCH3 is 2. The molecule has 0 fully saturated rings. The van der Waals surface area contributed by atoms with E-state index in [1.807, 2.05) is 31.2 Å². The first kappa shape index (κ1) is 20.8. The molecule has 0 aromatic heterocycles. The van der Waals surface area contributed by atoms with Gasteiger partial charge in [0, 0.05) is 5.69 Å². The van der Waals surface area contributed by atoms with Crippen molar-refractivity contribution in [2.75, 3.05) is 26.1 Å². The highest BCUT2D eigenvalue weighted by Gasteiger charge is 2.12. The van der Waals surface area contributed by atoms with Gasteiger partial charge in [0.1, 0.15) is 18.1 Å². The first-order valence-corrected chi connectivity index (χ1v) is 8.93. The minimum Gasteiger partial charge on any atom is -0.497 e. The van der Waals surface area contributed by atoms with Crippen molar-refractivity contribution in [3.63, 3.8) is 0 Å². The van der Waals surface area contributed by atoms with Crippen molar-refractivity contribution in [3.05, 3.63) is 53.1 Å². The number of hydrogen-bond donors (Lipinski definition) is 2. The Hall–Kier alpha value is -2.51. The van der Waals surface area contributed by atoms with Crippen molar-refractivity contribution in [1.29, 1.82) is 0 Å². The monoisotopic (exact) mass is 408 g/mol. The van der Waals surface area contributed by atoms with E-state index in [1.165, 1.54) is 7.11 Å². The van der Waals surface area contributed by atoms with Gasteiger partial charge in [-0.1, -0.05) is 11.6 Å². The molecule has 0 aliphatic heterocycles. The van der Waals surface area contributed by atoms with Crippen LogP contribution in [0, 0.1) is 0 Å². The summed E-state index contributed by atoms with van der Waals surface area (Å²) in [7, 11) is 2.92. The van der Waals surface area contributed by atoms with E-state index >= 15 is 0 Å². The lowest BCUT2D eigenvalue weighted by atomic mass is 10.2. The van der Waals surface area contributed by atoms with Gasteiger partial charge in [-0.15, -0.1) is 0 Å². The average molecular weight is 409 g/mol. The third-order valence-corrected chi connectivity index (χ3v) is 4.12. The molecule has 2 aromatic carbocycles. The lowest BCUT2D eigenvalue weighted by Crippen LogP contribution is -2.39. The van der Waals surface area contributed by atoms with Gasteiger partial charge in [0.25, 0.3) is 0 Å². The lowest BCUT2D eigenvalue weighted by molar-refractivity contribution is 0.0601. The molecular weight excluding hydrogens is 388 g/mol. The molecule has 0 aliphatic rings. The number of anilines is 1. The summed E-state index contributed by atoms with van der Waals surface area (Å²) in [5.74, 6) is 1.00. The molecule has 0 aliphatic carbocycles. The van der Waals surface area contributed by atoms with Gasteiger partial charge in [-0.2, -0.15) is 0 Å². The number of nitrogens with one attached hydrogen (secondary N) is 2. The van der Waals surface area contributed by atoms with Crippen LogP contribution in [0.25, 0.3) is 0 Å². The zero-order chi connectivity index (χ0) is 19.8. The second-order valence-electron chi connectivity index (χ2n) is 5.67. The molecule has 2 rings (SSSR count). The molecule has 0 bridgehead atoms. The van der Waals surface area contributed by atoms with Crippen molar-refractivity contribution < 1.29 is 19.0 Å². The van der Waals surface area contributed by atoms with Crippen LogP contribution >= 0.6 is 23.8 Å². The second kappa shape index (κ2) is 9.99. The maximum absolute atomic E-state index is 11.7. The maximum Gasteiger partial charge on any atom is 0.339 e. The van der Waals surface area contributed by atoms with Gasteiger partial charge in [0.2, 0.25) is 0 Å². The molecule has 0 heterocycles. The van der Waals surface area contributed by atoms with Crippen molar-refractivity contribution in [2.24, 2.45) is 0 Å². The molecule has 0 saturated heterocycles. The van der Waals surface area contributed by atoms with Crippen molar-refractivity contribution in [3.8, 4) is 11.5 Å². The Labute approximate surface area is 168 Å². The minimum atomic E-state index is -0.510. The normalized spacial score (nSPS) is 11.3. The van der Waals surface area contributed by atoms with Gasteiger partial charge in [-0.25, -0.2) is 4.79 Å². The number of esters is 1. The molecule has 1 atom stereocenters. The standard InChI is InChI=1S/C19H21ClN2O4S/c1-12(11-26-15-7-5-14(24-2)6-8-15)21-19(27)22-13-4-9-17(20)16(10-13)18(23)25-3/h4-10,12H,11H2,1-3H3,(H2,21,22,27). The zero-order valence-electron chi connectivity index (χ0n) is 15.2. The molecular formula is C19H21ClN2O4S. The van der Waals surface area contributed by atoms with Gasteiger partial charge in [0.15, 0.2) is 5.11 Å². The summed E-state index contributed by atoms with van der Waals surface area (Å²) >= 11 is 11.3. The summed E-state index contributed by atoms with van der Waals surface area (Å²) in [6.07, 6.45) is 0. The number of carbonyl (C=O) groups is 1. The fraction of sp³-hybridized carbons (Fsp3) is 0.263. The van der Waals surface area contributed by atoms with Crippen LogP contribution in [-0.2, 0) is 4.74 Å². The number of carbonyl (C=O) groups excluding carboxylic acids is 1. The van der Waals surface area contributed by atoms with Crippen LogP contribution in [0.2, 0.25) is 5.02 Å². The summed E-state index contributed by atoms with van der Waals surface area (Å²) in [4.78, 5) is 11.7. The van der Waals surface area contributed by atoms with Crippen LogP contribution in [0.3, 0.4) is 0 Å². The van der Waals surface area contributed by atoms with E-state index in [2.05, 4.69) is 10.6 Å². The average Bonchev–Trinajstić information content (AvgIpc) is 2.67. The Kier molecular flexibility index (Phi) is 7.69. The number of hydrogen-bond acceptors (Lipinski definition) is 5. The Balaban J connectivity index is 1.86. The fourth-order valence-electron chi connectivity index (χ4n) is 2.20. The molecule has 1 unspecified atom stereocenters. The van der Waals surface area contributed by atoms with E-state index in [4.69, 9.17) is 38.0 Å². The Morgan fingerprint density at radius 2 is 1.81 bits per heavy atom. The zero-order valence-corrected chi connectivity index (χ0v) is 16.8. The minimum absolute atomic E-state index is 0.0421. The van der Waals surface area contributed by atoms with Crippen molar-refractivity contribution in [2.45, 2.75) is 13.0 Å². The summed E-state index contributed by atoms with van der Waals surface area (Å²) in [5.41, 5.74) is 0.892. The van der Waals surface area contributed by atoms with E-state index in [0.717, 1.165) is 11.5 Å². The summed E-state index contributed by atoms with van der Waals surface area (Å²) in [6.45, 7) is 2.36. The third kappa shape index (κ3) is 6.30. The maximum atomic E-state index is 11.7. The first-order chi connectivity index (χ1) is 12.9. The van der Waals surface area contributed by atoms with Gasteiger partial charge in [-0.05, 0) is 61.6 Å². The number of thiocarbonyl (C=S) groups is 1. The summed E-state index contributed by atoms with van der Waals surface area (Å²) < 4.78 is 15.5. The van der Waals surface area contributed by atoms with Gasteiger partial charge in [0.05, 0.1) is 30.8 Å². The van der Waals surface area contributed by atoms with Crippen LogP contribution < -0.4 is 20.1 Å². The molecule has 0 saturated carbocycles. The van der Waals surface area contributed by atoms with Gasteiger partial charge < -0.3 is 24.8 Å². The van der Waals surface area contributed by atoms with Crippen molar-refractivity contribution in [1.82, 2.24) is 5.32 Å². The first-order valence-electron chi connectivity index (χ1n) is 8.15. The largest absolute Gasteiger partial charge is 0.497 e. The fourth-order valence-corrected chi connectivity index (χ4v) is 2.71. The lowest BCUT2D eigenvalue weighted by Gasteiger charge is -2.18. The Morgan fingerprint density at radius 1 is 1.15 bits per heavy atom. The molecule has 2 N–H and O–H groups in total. The highest BCUT2D eigenvalue weighted by Crippen LogP contribution is 2.21. The SMILES string of the molecule is COC(=O)c1cc(NC(=S)NC(C)COc2ccc(OC)cc2)ccc1Cl. The quantitative estimate of drug-likeness (QED) is 0.532.